The van der Waals surface area contributed by atoms with Crippen molar-refractivity contribution in [3.63, 3.8) is 0 Å². The van der Waals surface area contributed by atoms with Crippen LogP contribution in [0, 0.1) is 11.6 Å². The highest BCUT2D eigenvalue weighted by molar-refractivity contribution is 9.10. The maximum Gasteiger partial charge on any atom is 0.244 e. The van der Waals surface area contributed by atoms with Gasteiger partial charge in [-0.05, 0) is 47.7 Å². The van der Waals surface area contributed by atoms with Gasteiger partial charge in [0.05, 0.1) is 6.10 Å². The maximum atomic E-state index is 13.7. The van der Waals surface area contributed by atoms with Gasteiger partial charge < -0.3 is 5.11 Å². The number of nitrogens with one attached hydrogen (secondary N) is 1. The van der Waals surface area contributed by atoms with Crippen molar-refractivity contribution in [2.45, 2.75) is 42.7 Å². The normalized spacial score (nSPS) is 23.8. The molecule has 0 atom stereocenters. The number of benzene rings is 1. The molecule has 1 aromatic carbocycles. The Kier molecular flexibility index (Phi) is 4.78. The molecule has 1 saturated carbocycles. The molecule has 2 N–H and O–H groups in total. The lowest BCUT2D eigenvalue weighted by Crippen LogP contribution is -2.39. The number of aliphatic hydroxyl groups is 1. The van der Waals surface area contributed by atoms with Crippen LogP contribution in [0.25, 0.3) is 0 Å². The SMILES string of the molecule is O=S(=O)(NC1CCC(O)CC1)c1c(F)cc(F)cc1Br. The Morgan fingerprint density at radius 1 is 1.20 bits per heavy atom. The molecule has 1 aliphatic carbocycles. The molecular weight excluding hydrogens is 356 g/mol. The van der Waals surface area contributed by atoms with Crippen molar-refractivity contribution in [2.75, 3.05) is 0 Å². The minimum Gasteiger partial charge on any atom is -0.393 e. The number of halogens is 3. The van der Waals surface area contributed by atoms with Gasteiger partial charge in [0.25, 0.3) is 0 Å². The van der Waals surface area contributed by atoms with Gasteiger partial charge in [-0.1, -0.05) is 0 Å². The lowest BCUT2D eigenvalue weighted by molar-refractivity contribution is 0.120. The fourth-order valence-corrected chi connectivity index (χ4v) is 4.73. The summed E-state index contributed by atoms with van der Waals surface area (Å²) in [6, 6.07) is 1.09. The van der Waals surface area contributed by atoms with E-state index in [1.807, 2.05) is 0 Å². The maximum absolute atomic E-state index is 13.7. The van der Waals surface area contributed by atoms with E-state index < -0.39 is 32.7 Å². The van der Waals surface area contributed by atoms with Crippen LogP contribution in [0.2, 0.25) is 0 Å². The van der Waals surface area contributed by atoms with Crippen LogP contribution in [-0.2, 0) is 10.0 Å². The lowest BCUT2D eigenvalue weighted by atomic mass is 9.94. The lowest BCUT2D eigenvalue weighted by Gasteiger charge is -2.26. The first-order chi connectivity index (χ1) is 9.29. The van der Waals surface area contributed by atoms with Crippen LogP contribution < -0.4 is 4.72 Å². The quantitative estimate of drug-likeness (QED) is 0.858. The third-order valence-electron chi connectivity index (χ3n) is 3.25. The molecule has 0 unspecified atom stereocenters. The topological polar surface area (TPSA) is 66.4 Å². The number of hydrogen-bond donors (Lipinski definition) is 2. The molecule has 0 spiro atoms. The third-order valence-corrected chi connectivity index (χ3v) is 5.73. The zero-order chi connectivity index (χ0) is 14.9. The van der Waals surface area contributed by atoms with Crippen molar-refractivity contribution in [1.82, 2.24) is 4.72 Å². The molecule has 0 aliphatic heterocycles. The highest BCUT2D eigenvalue weighted by Gasteiger charge is 2.28. The average molecular weight is 370 g/mol. The van der Waals surface area contributed by atoms with Gasteiger partial charge in [0.2, 0.25) is 10.0 Å². The Balaban J connectivity index is 2.23. The smallest absolute Gasteiger partial charge is 0.244 e. The summed E-state index contributed by atoms with van der Waals surface area (Å²) in [5.41, 5.74) is 0. The fourth-order valence-electron chi connectivity index (χ4n) is 2.26. The molecule has 0 heterocycles. The summed E-state index contributed by atoms with van der Waals surface area (Å²) in [5, 5.41) is 9.37. The number of aliphatic hydroxyl groups excluding tert-OH is 1. The highest BCUT2D eigenvalue weighted by atomic mass is 79.9. The van der Waals surface area contributed by atoms with Gasteiger partial charge >= 0.3 is 0 Å². The second-order valence-electron chi connectivity index (χ2n) is 4.83. The van der Waals surface area contributed by atoms with Crippen molar-refractivity contribution in [1.29, 1.82) is 0 Å². The zero-order valence-electron chi connectivity index (χ0n) is 10.4. The number of rotatable bonds is 3. The molecular formula is C12H14BrF2NO3S. The second-order valence-corrected chi connectivity index (χ2v) is 7.33. The Labute approximate surface area is 124 Å². The largest absolute Gasteiger partial charge is 0.393 e. The van der Waals surface area contributed by atoms with Crippen LogP contribution in [0.1, 0.15) is 25.7 Å². The minimum atomic E-state index is -4.08. The third kappa shape index (κ3) is 3.55. The summed E-state index contributed by atoms with van der Waals surface area (Å²) >= 11 is 2.87. The Morgan fingerprint density at radius 3 is 2.35 bits per heavy atom. The Morgan fingerprint density at radius 2 is 1.80 bits per heavy atom. The molecule has 1 aromatic rings. The van der Waals surface area contributed by atoms with Crippen molar-refractivity contribution < 1.29 is 22.3 Å². The molecule has 2 rings (SSSR count). The first kappa shape index (κ1) is 15.8. The minimum absolute atomic E-state index is 0.154. The van der Waals surface area contributed by atoms with Gasteiger partial charge in [0.15, 0.2) is 0 Å². The molecule has 4 nitrogen and oxygen atoms in total. The Hall–Kier alpha value is -0.570. The van der Waals surface area contributed by atoms with Crippen molar-refractivity contribution in [2.24, 2.45) is 0 Å². The van der Waals surface area contributed by atoms with E-state index >= 15 is 0 Å². The summed E-state index contributed by atoms with van der Waals surface area (Å²) in [6.45, 7) is 0. The van der Waals surface area contributed by atoms with E-state index in [0.717, 1.165) is 6.07 Å². The van der Waals surface area contributed by atoms with E-state index in [0.29, 0.717) is 31.7 Å². The van der Waals surface area contributed by atoms with E-state index in [9.17, 15) is 22.3 Å². The van der Waals surface area contributed by atoms with Crippen LogP contribution in [0.15, 0.2) is 21.5 Å². The van der Waals surface area contributed by atoms with E-state index in [2.05, 4.69) is 20.7 Å². The fraction of sp³-hybridized carbons (Fsp3) is 0.500. The van der Waals surface area contributed by atoms with Gasteiger partial charge in [-0.2, -0.15) is 0 Å². The van der Waals surface area contributed by atoms with Crippen molar-refractivity contribution in [3.8, 4) is 0 Å². The summed E-state index contributed by atoms with van der Waals surface area (Å²) in [4.78, 5) is -0.593. The summed E-state index contributed by atoms with van der Waals surface area (Å²) in [7, 11) is -4.08. The zero-order valence-corrected chi connectivity index (χ0v) is 12.8. The van der Waals surface area contributed by atoms with Crippen LogP contribution in [0.3, 0.4) is 0 Å². The van der Waals surface area contributed by atoms with Crippen LogP contribution >= 0.6 is 15.9 Å². The van der Waals surface area contributed by atoms with E-state index in [4.69, 9.17) is 0 Å². The summed E-state index contributed by atoms with van der Waals surface area (Å²) in [6.07, 6.45) is 1.56. The molecule has 0 radical (unpaired) electrons. The van der Waals surface area contributed by atoms with E-state index in [1.54, 1.807) is 0 Å². The van der Waals surface area contributed by atoms with Gasteiger partial charge in [0.1, 0.15) is 16.5 Å². The van der Waals surface area contributed by atoms with Crippen LogP contribution in [0.4, 0.5) is 8.78 Å². The molecule has 0 bridgehead atoms. The highest BCUT2D eigenvalue weighted by Crippen LogP contribution is 2.27. The molecule has 1 aliphatic rings. The van der Waals surface area contributed by atoms with Gasteiger partial charge in [0, 0.05) is 16.6 Å². The molecule has 1 fully saturated rings. The van der Waals surface area contributed by atoms with Gasteiger partial charge in [-0.15, -0.1) is 0 Å². The monoisotopic (exact) mass is 369 g/mol. The van der Waals surface area contributed by atoms with E-state index in [1.165, 1.54) is 0 Å². The first-order valence-electron chi connectivity index (χ1n) is 6.14. The van der Waals surface area contributed by atoms with Crippen molar-refractivity contribution >= 4 is 26.0 Å². The van der Waals surface area contributed by atoms with Crippen LogP contribution in [-0.4, -0.2) is 25.7 Å². The summed E-state index contributed by atoms with van der Waals surface area (Å²) < 4.78 is 53.3. The predicted octanol–water partition coefficient (Wildman–Crippen LogP) is 2.31. The van der Waals surface area contributed by atoms with E-state index in [-0.39, 0.29) is 10.5 Å². The molecule has 0 amide bonds. The molecule has 0 saturated heterocycles. The molecule has 0 aromatic heterocycles. The summed E-state index contributed by atoms with van der Waals surface area (Å²) in [5.74, 6) is -1.99. The average Bonchev–Trinajstić information content (AvgIpc) is 2.30. The number of hydrogen-bond acceptors (Lipinski definition) is 3. The molecule has 112 valence electrons. The van der Waals surface area contributed by atoms with Crippen LogP contribution in [0.5, 0.6) is 0 Å². The van der Waals surface area contributed by atoms with Gasteiger partial charge in [-0.25, -0.2) is 21.9 Å². The number of sulfonamides is 1. The molecule has 20 heavy (non-hydrogen) atoms. The Bertz CT molecular complexity index is 578. The standard InChI is InChI=1S/C12H14BrF2NO3S/c13-10-5-7(14)6-11(15)12(10)20(18,19)16-8-1-3-9(17)4-2-8/h5-6,8-9,16-17H,1-4H2. The van der Waals surface area contributed by atoms with Gasteiger partial charge in [-0.3, -0.25) is 0 Å². The molecule has 8 heteroatoms. The second kappa shape index (κ2) is 6.05. The van der Waals surface area contributed by atoms with Crippen molar-refractivity contribution in [3.05, 3.63) is 28.2 Å². The predicted molar refractivity (Wildman–Crippen MR) is 72.6 cm³/mol. The first-order valence-corrected chi connectivity index (χ1v) is 8.42.